The highest BCUT2D eigenvalue weighted by Crippen LogP contribution is 2.26. The second-order valence-corrected chi connectivity index (χ2v) is 7.27. The number of fused-ring (bicyclic) bond motifs is 1. The van der Waals surface area contributed by atoms with E-state index in [1.807, 2.05) is 31.2 Å². The summed E-state index contributed by atoms with van der Waals surface area (Å²) in [6.07, 6.45) is 1.91. The SMILES string of the molecule is Cc1ccc(-n2c(C)cc(C=C(C#N)c3nc4ccc(C)cc4[nH]3)c2C)cc1. The van der Waals surface area contributed by atoms with Crippen molar-refractivity contribution in [2.75, 3.05) is 0 Å². The molecule has 0 saturated heterocycles. The number of hydrogen-bond acceptors (Lipinski definition) is 2. The average Bonchev–Trinajstić information content (AvgIpc) is 3.20. The van der Waals surface area contributed by atoms with Crippen molar-refractivity contribution in [1.82, 2.24) is 14.5 Å². The van der Waals surface area contributed by atoms with Crippen LogP contribution in [0.25, 0.3) is 28.4 Å². The van der Waals surface area contributed by atoms with E-state index in [4.69, 9.17) is 0 Å². The topological polar surface area (TPSA) is 57.4 Å². The largest absolute Gasteiger partial charge is 0.337 e. The monoisotopic (exact) mass is 366 g/mol. The average molecular weight is 366 g/mol. The normalized spacial score (nSPS) is 11.8. The summed E-state index contributed by atoms with van der Waals surface area (Å²) in [7, 11) is 0. The fourth-order valence-corrected chi connectivity index (χ4v) is 3.59. The highest BCUT2D eigenvalue weighted by molar-refractivity contribution is 5.91. The van der Waals surface area contributed by atoms with Gasteiger partial charge in [-0.3, -0.25) is 0 Å². The second kappa shape index (κ2) is 6.86. The summed E-state index contributed by atoms with van der Waals surface area (Å²) >= 11 is 0. The van der Waals surface area contributed by atoms with Crippen LogP contribution in [0.1, 0.15) is 33.9 Å². The van der Waals surface area contributed by atoms with Crippen LogP contribution in [0.4, 0.5) is 0 Å². The Balaban J connectivity index is 1.79. The Morgan fingerprint density at radius 2 is 1.71 bits per heavy atom. The lowest BCUT2D eigenvalue weighted by atomic mass is 10.1. The summed E-state index contributed by atoms with van der Waals surface area (Å²) in [5.74, 6) is 0.600. The molecule has 138 valence electrons. The van der Waals surface area contributed by atoms with Gasteiger partial charge in [0.15, 0.2) is 0 Å². The number of imidazole rings is 1. The molecule has 0 spiro atoms. The summed E-state index contributed by atoms with van der Waals surface area (Å²) in [5.41, 5.74) is 9.10. The third-order valence-electron chi connectivity index (χ3n) is 5.08. The molecule has 4 aromatic rings. The van der Waals surface area contributed by atoms with Crippen LogP contribution in [0.5, 0.6) is 0 Å². The minimum atomic E-state index is 0.526. The van der Waals surface area contributed by atoms with Crippen molar-refractivity contribution in [3.05, 3.63) is 82.4 Å². The van der Waals surface area contributed by atoms with Gasteiger partial charge in [0.2, 0.25) is 0 Å². The number of aromatic amines is 1. The summed E-state index contributed by atoms with van der Waals surface area (Å²) < 4.78 is 2.21. The van der Waals surface area contributed by atoms with E-state index in [9.17, 15) is 5.26 Å². The molecule has 0 radical (unpaired) electrons. The minimum Gasteiger partial charge on any atom is -0.337 e. The number of hydrogen-bond donors (Lipinski definition) is 1. The first-order valence-corrected chi connectivity index (χ1v) is 9.31. The fraction of sp³-hybridized carbons (Fsp3) is 0.167. The third-order valence-corrected chi connectivity index (χ3v) is 5.08. The zero-order chi connectivity index (χ0) is 19.8. The van der Waals surface area contributed by atoms with Gasteiger partial charge in [0.1, 0.15) is 11.9 Å². The van der Waals surface area contributed by atoms with Crippen LogP contribution in [0.15, 0.2) is 48.5 Å². The van der Waals surface area contributed by atoms with E-state index in [1.165, 1.54) is 5.56 Å². The van der Waals surface area contributed by atoms with Crippen LogP contribution in [0.3, 0.4) is 0 Å². The number of aromatic nitrogens is 3. The Morgan fingerprint density at radius 1 is 1.00 bits per heavy atom. The first-order valence-electron chi connectivity index (χ1n) is 9.31. The highest BCUT2D eigenvalue weighted by Gasteiger charge is 2.13. The van der Waals surface area contributed by atoms with E-state index in [1.54, 1.807) is 0 Å². The molecule has 0 aliphatic carbocycles. The predicted octanol–water partition coefficient (Wildman–Crippen LogP) is 5.65. The maximum absolute atomic E-state index is 9.75. The lowest BCUT2D eigenvalue weighted by Crippen LogP contribution is -1.99. The Kier molecular flexibility index (Phi) is 4.37. The number of rotatable bonds is 3. The van der Waals surface area contributed by atoms with Crippen LogP contribution in [-0.4, -0.2) is 14.5 Å². The van der Waals surface area contributed by atoms with Gasteiger partial charge < -0.3 is 9.55 Å². The molecule has 4 rings (SSSR count). The predicted molar refractivity (Wildman–Crippen MR) is 114 cm³/mol. The molecule has 2 aromatic carbocycles. The maximum Gasteiger partial charge on any atom is 0.149 e. The van der Waals surface area contributed by atoms with E-state index < -0.39 is 0 Å². The van der Waals surface area contributed by atoms with E-state index in [-0.39, 0.29) is 0 Å². The minimum absolute atomic E-state index is 0.526. The maximum atomic E-state index is 9.75. The molecule has 0 aliphatic heterocycles. The van der Waals surface area contributed by atoms with E-state index in [0.717, 1.165) is 39.2 Å². The van der Waals surface area contributed by atoms with Crippen LogP contribution in [0, 0.1) is 39.0 Å². The molecule has 1 N–H and O–H groups in total. The summed E-state index contributed by atoms with van der Waals surface area (Å²) in [5, 5.41) is 9.75. The van der Waals surface area contributed by atoms with Gasteiger partial charge in [-0.05, 0) is 75.2 Å². The standard InChI is InChI=1S/C24H22N4/c1-15-5-8-21(9-6-15)28-17(3)12-19(18(28)4)13-20(14-25)24-26-22-10-7-16(2)11-23(22)27-24/h5-13H,1-4H3,(H,26,27). The highest BCUT2D eigenvalue weighted by atomic mass is 15.0. The van der Waals surface area contributed by atoms with E-state index in [0.29, 0.717) is 11.4 Å². The van der Waals surface area contributed by atoms with Crippen LogP contribution >= 0.6 is 0 Å². The van der Waals surface area contributed by atoms with Crippen LogP contribution in [-0.2, 0) is 0 Å². The van der Waals surface area contributed by atoms with Crippen molar-refractivity contribution in [1.29, 1.82) is 5.26 Å². The number of nitrogens with one attached hydrogen (secondary N) is 1. The molecular formula is C24H22N4. The molecule has 0 amide bonds. The Labute approximate surface area is 164 Å². The molecule has 0 unspecified atom stereocenters. The van der Waals surface area contributed by atoms with Crippen molar-refractivity contribution in [3.8, 4) is 11.8 Å². The van der Waals surface area contributed by atoms with Crippen molar-refractivity contribution >= 4 is 22.7 Å². The number of aryl methyl sites for hydroxylation is 3. The Hall–Kier alpha value is -3.58. The fourth-order valence-electron chi connectivity index (χ4n) is 3.59. The molecular weight excluding hydrogens is 344 g/mol. The van der Waals surface area contributed by atoms with Crippen molar-refractivity contribution in [2.45, 2.75) is 27.7 Å². The zero-order valence-corrected chi connectivity index (χ0v) is 16.5. The molecule has 0 atom stereocenters. The lowest BCUT2D eigenvalue weighted by molar-refractivity contribution is 0.963. The smallest absolute Gasteiger partial charge is 0.149 e. The number of benzene rings is 2. The van der Waals surface area contributed by atoms with Gasteiger partial charge in [-0.15, -0.1) is 0 Å². The third kappa shape index (κ3) is 3.12. The van der Waals surface area contributed by atoms with Gasteiger partial charge in [-0.25, -0.2) is 4.98 Å². The summed E-state index contributed by atoms with van der Waals surface area (Å²) in [6, 6.07) is 18.9. The van der Waals surface area contributed by atoms with Crippen LogP contribution in [0.2, 0.25) is 0 Å². The first-order chi connectivity index (χ1) is 13.5. The van der Waals surface area contributed by atoms with Crippen molar-refractivity contribution in [3.63, 3.8) is 0 Å². The molecule has 2 heterocycles. The molecule has 4 heteroatoms. The van der Waals surface area contributed by atoms with Gasteiger partial charge in [0.05, 0.1) is 16.6 Å². The number of allylic oxidation sites excluding steroid dienone is 1. The van der Waals surface area contributed by atoms with Gasteiger partial charge in [0.25, 0.3) is 0 Å². The van der Waals surface area contributed by atoms with Gasteiger partial charge in [0, 0.05) is 17.1 Å². The molecule has 0 bridgehead atoms. The van der Waals surface area contributed by atoms with Gasteiger partial charge >= 0.3 is 0 Å². The summed E-state index contributed by atoms with van der Waals surface area (Å²) in [4.78, 5) is 7.87. The number of nitrogens with zero attached hydrogens (tertiary/aromatic N) is 3. The molecule has 4 nitrogen and oxygen atoms in total. The molecule has 2 aromatic heterocycles. The second-order valence-electron chi connectivity index (χ2n) is 7.27. The van der Waals surface area contributed by atoms with Gasteiger partial charge in [-0.2, -0.15) is 5.26 Å². The zero-order valence-electron chi connectivity index (χ0n) is 16.5. The quantitative estimate of drug-likeness (QED) is 0.476. The van der Waals surface area contributed by atoms with E-state index in [2.05, 4.69) is 71.7 Å². The van der Waals surface area contributed by atoms with E-state index >= 15 is 0 Å². The molecule has 0 saturated carbocycles. The Bertz CT molecular complexity index is 1240. The lowest BCUT2D eigenvalue weighted by Gasteiger charge is -2.10. The first kappa shape index (κ1) is 17.8. The molecule has 0 fully saturated rings. The number of H-pyrrole nitrogens is 1. The molecule has 28 heavy (non-hydrogen) atoms. The molecule has 0 aliphatic rings. The number of nitriles is 1. The van der Waals surface area contributed by atoms with Crippen molar-refractivity contribution in [2.24, 2.45) is 0 Å². The summed E-state index contributed by atoms with van der Waals surface area (Å²) in [6.45, 7) is 8.29. The van der Waals surface area contributed by atoms with Gasteiger partial charge in [-0.1, -0.05) is 23.8 Å². The van der Waals surface area contributed by atoms with Crippen molar-refractivity contribution < 1.29 is 0 Å². The Morgan fingerprint density at radius 3 is 2.43 bits per heavy atom. The van der Waals surface area contributed by atoms with Crippen LogP contribution < -0.4 is 0 Å².